The molecule has 0 unspecified atom stereocenters. The normalized spacial score (nSPS) is 11.0. The molecule has 0 spiro atoms. The third kappa shape index (κ3) is 3.96. The first kappa shape index (κ1) is 19.7. The van der Waals surface area contributed by atoms with Crippen molar-refractivity contribution in [3.05, 3.63) is 63.2 Å². The first-order valence-corrected chi connectivity index (χ1v) is 9.32. The lowest BCUT2D eigenvalue weighted by Crippen LogP contribution is -2.14. The van der Waals surface area contributed by atoms with E-state index < -0.39 is 0 Å². The fourth-order valence-electron chi connectivity index (χ4n) is 3.55. The van der Waals surface area contributed by atoms with Crippen LogP contribution in [-0.4, -0.2) is 25.7 Å². The highest BCUT2D eigenvalue weighted by Gasteiger charge is 2.19. The molecule has 0 saturated heterocycles. The van der Waals surface area contributed by atoms with Gasteiger partial charge in [-0.05, 0) is 65.7 Å². The van der Waals surface area contributed by atoms with Gasteiger partial charge in [-0.1, -0.05) is 17.7 Å². The van der Waals surface area contributed by atoms with E-state index in [1.807, 2.05) is 66.7 Å². The van der Waals surface area contributed by atoms with Crippen LogP contribution in [0.2, 0.25) is 0 Å². The van der Waals surface area contributed by atoms with E-state index >= 15 is 0 Å². The van der Waals surface area contributed by atoms with E-state index in [0.29, 0.717) is 11.7 Å². The van der Waals surface area contributed by atoms with Gasteiger partial charge in [0.15, 0.2) is 0 Å². The second-order valence-corrected chi connectivity index (χ2v) is 7.39. The summed E-state index contributed by atoms with van der Waals surface area (Å²) in [6.45, 7) is 13.6. The molecule has 0 aliphatic heterocycles. The van der Waals surface area contributed by atoms with E-state index in [2.05, 4.69) is 15.1 Å². The van der Waals surface area contributed by atoms with Gasteiger partial charge in [-0.15, -0.1) is 0 Å². The number of rotatable bonds is 4. The lowest BCUT2D eigenvalue weighted by atomic mass is 10.1. The van der Waals surface area contributed by atoms with E-state index in [1.54, 1.807) is 4.68 Å². The number of nitrogens with zero attached hydrogens (tertiary/aromatic N) is 4. The number of esters is 1. The standard InChI is InChI=1S/C22H26N4O2/c1-12-8-13(2)21(14(3)9-12)28-20(27)11-19-17(6)25-26(18(19)7)22-23-15(4)10-16(5)24-22/h8-10H,11H2,1-7H3. The van der Waals surface area contributed by atoms with Crippen molar-refractivity contribution in [2.45, 2.75) is 54.9 Å². The summed E-state index contributed by atoms with van der Waals surface area (Å²) < 4.78 is 7.39. The van der Waals surface area contributed by atoms with Crippen LogP contribution in [0.1, 0.15) is 45.0 Å². The van der Waals surface area contributed by atoms with Crippen molar-refractivity contribution in [3.63, 3.8) is 0 Å². The molecule has 3 rings (SSSR count). The maximum absolute atomic E-state index is 12.6. The SMILES string of the molecule is Cc1cc(C)c(OC(=O)Cc2c(C)nn(-c3nc(C)cc(C)n3)c2C)c(C)c1. The minimum atomic E-state index is -0.304. The van der Waals surface area contributed by atoms with E-state index in [1.165, 1.54) is 0 Å². The maximum atomic E-state index is 12.6. The van der Waals surface area contributed by atoms with Crippen molar-refractivity contribution in [2.24, 2.45) is 0 Å². The number of ether oxygens (including phenoxy) is 1. The highest BCUT2D eigenvalue weighted by atomic mass is 16.5. The molecule has 2 aromatic heterocycles. The zero-order valence-corrected chi connectivity index (χ0v) is 17.5. The van der Waals surface area contributed by atoms with E-state index in [0.717, 1.165) is 45.0 Å². The zero-order chi connectivity index (χ0) is 20.6. The Morgan fingerprint density at radius 2 is 1.50 bits per heavy atom. The molecule has 6 heteroatoms. The lowest BCUT2D eigenvalue weighted by Gasteiger charge is -2.12. The molecular formula is C22H26N4O2. The van der Waals surface area contributed by atoms with Crippen LogP contribution >= 0.6 is 0 Å². The fourth-order valence-corrected chi connectivity index (χ4v) is 3.55. The molecule has 0 aliphatic carbocycles. The molecule has 1 aromatic carbocycles. The molecule has 0 N–H and O–H groups in total. The molecule has 0 radical (unpaired) electrons. The smallest absolute Gasteiger partial charge is 0.315 e. The monoisotopic (exact) mass is 378 g/mol. The van der Waals surface area contributed by atoms with Gasteiger partial charge >= 0.3 is 5.97 Å². The Morgan fingerprint density at radius 1 is 0.929 bits per heavy atom. The molecule has 0 fully saturated rings. The van der Waals surface area contributed by atoms with Crippen molar-refractivity contribution in [1.29, 1.82) is 0 Å². The number of aromatic nitrogens is 4. The Balaban J connectivity index is 1.87. The summed E-state index contributed by atoms with van der Waals surface area (Å²) in [5.74, 6) is 0.848. The van der Waals surface area contributed by atoms with Gasteiger partial charge in [-0.3, -0.25) is 4.79 Å². The van der Waals surface area contributed by atoms with E-state index in [9.17, 15) is 4.79 Å². The second kappa shape index (κ2) is 7.54. The van der Waals surface area contributed by atoms with Crippen LogP contribution in [0.4, 0.5) is 0 Å². The molecule has 2 heterocycles. The molecule has 28 heavy (non-hydrogen) atoms. The number of hydrogen-bond acceptors (Lipinski definition) is 5. The number of benzene rings is 1. The number of hydrogen-bond donors (Lipinski definition) is 0. The Hall–Kier alpha value is -3.02. The molecule has 0 amide bonds. The van der Waals surface area contributed by atoms with Gasteiger partial charge in [0.25, 0.3) is 5.95 Å². The van der Waals surface area contributed by atoms with Crippen molar-refractivity contribution < 1.29 is 9.53 Å². The fraction of sp³-hybridized carbons (Fsp3) is 0.364. The molecule has 0 saturated carbocycles. The quantitative estimate of drug-likeness (QED) is 0.507. The minimum absolute atomic E-state index is 0.148. The molecule has 6 nitrogen and oxygen atoms in total. The van der Waals surface area contributed by atoms with Gasteiger partial charge in [0, 0.05) is 22.6 Å². The van der Waals surface area contributed by atoms with Gasteiger partial charge in [-0.2, -0.15) is 5.10 Å². The third-order valence-electron chi connectivity index (χ3n) is 4.74. The molecule has 146 valence electrons. The topological polar surface area (TPSA) is 69.9 Å². The zero-order valence-electron chi connectivity index (χ0n) is 17.5. The van der Waals surface area contributed by atoms with Crippen molar-refractivity contribution in [3.8, 4) is 11.7 Å². The predicted molar refractivity (Wildman–Crippen MR) is 108 cm³/mol. The number of carbonyl (C=O) groups excluding carboxylic acids is 1. The average Bonchev–Trinajstić information content (AvgIpc) is 2.85. The van der Waals surface area contributed by atoms with Crippen LogP contribution in [0.3, 0.4) is 0 Å². The van der Waals surface area contributed by atoms with E-state index in [-0.39, 0.29) is 12.4 Å². The Kier molecular flexibility index (Phi) is 5.31. The van der Waals surface area contributed by atoms with Crippen LogP contribution in [0.25, 0.3) is 5.95 Å². The summed E-state index contributed by atoms with van der Waals surface area (Å²) in [7, 11) is 0. The minimum Gasteiger partial charge on any atom is -0.426 e. The second-order valence-electron chi connectivity index (χ2n) is 7.39. The van der Waals surface area contributed by atoms with E-state index in [4.69, 9.17) is 4.74 Å². The average molecular weight is 378 g/mol. The Morgan fingerprint density at radius 3 is 2.07 bits per heavy atom. The first-order valence-electron chi connectivity index (χ1n) is 9.32. The highest BCUT2D eigenvalue weighted by Crippen LogP contribution is 2.25. The van der Waals surface area contributed by atoms with Gasteiger partial charge in [0.05, 0.1) is 12.1 Å². The summed E-state index contributed by atoms with van der Waals surface area (Å²) in [4.78, 5) is 21.6. The van der Waals surface area contributed by atoms with Crippen LogP contribution in [0.5, 0.6) is 5.75 Å². The predicted octanol–water partition coefficient (Wildman–Crippen LogP) is 3.97. The summed E-state index contributed by atoms with van der Waals surface area (Å²) in [5.41, 5.74) is 7.28. The summed E-state index contributed by atoms with van der Waals surface area (Å²) in [6.07, 6.45) is 0.148. The largest absolute Gasteiger partial charge is 0.426 e. The van der Waals surface area contributed by atoms with Gasteiger partial charge in [0.2, 0.25) is 0 Å². The summed E-state index contributed by atoms with van der Waals surface area (Å²) in [6, 6.07) is 5.95. The third-order valence-corrected chi connectivity index (χ3v) is 4.74. The summed E-state index contributed by atoms with van der Waals surface area (Å²) in [5, 5.41) is 4.55. The van der Waals surface area contributed by atoms with Crippen LogP contribution in [0.15, 0.2) is 18.2 Å². The van der Waals surface area contributed by atoms with Gasteiger partial charge < -0.3 is 4.74 Å². The first-order chi connectivity index (χ1) is 13.2. The molecule has 0 bridgehead atoms. The highest BCUT2D eigenvalue weighted by molar-refractivity contribution is 5.76. The van der Waals surface area contributed by atoms with Crippen LogP contribution < -0.4 is 4.74 Å². The Labute approximate surface area is 165 Å². The van der Waals surface area contributed by atoms with Crippen LogP contribution in [-0.2, 0) is 11.2 Å². The maximum Gasteiger partial charge on any atom is 0.315 e. The van der Waals surface area contributed by atoms with Gasteiger partial charge in [0.1, 0.15) is 5.75 Å². The van der Waals surface area contributed by atoms with Crippen molar-refractivity contribution in [2.75, 3.05) is 0 Å². The van der Waals surface area contributed by atoms with Crippen molar-refractivity contribution in [1.82, 2.24) is 19.7 Å². The lowest BCUT2D eigenvalue weighted by molar-refractivity contribution is -0.133. The van der Waals surface area contributed by atoms with Crippen molar-refractivity contribution >= 4 is 5.97 Å². The molecule has 0 aliphatic rings. The molecular weight excluding hydrogens is 352 g/mol. The van der Waals surface area contributed by atoms with Gasteiger partial charge in [-0.25, -0.2) is 14.6 Å². The summed E-state index contributed by atoms with van der Waals surface area (Å²) >= 11 is 0. The van der Waals surface area contributed by atoms with Crippen LogP contribution in [0, 0.1) is 48.5 Å². The number of aryl methyl sites for hydroxylation is 6. The Bertz CT molecular complexity index is 1020. The molecule has 3 aromatic rings. The number of carbonyl (C=O) groups is 1. The molecule has 0 atom stereocenters.